The van der Waals surface area contributed by atoms with Crippen LogP contribution in [0.5, 0.6) is 0 Å². The SMILES string of the molecule is CN(CCCC(C)(C)C(N)=S)Cc1nccn1C. The molecule has 1 aromatic heterocycles. The van der Waals surface area contributed by atoms with Crippen molar-refractivity contribution >= 4 is 17.2 Å². The van der Waals surface area contributed by atoms with E-state index in [1.165, 1.54) is 0 Å². The summed E-state index contributed by atoms with van der Waals surface area (Å²) in [6.07, 6.45) is 5.91. The van der Waals surface area contributed by atoms with Crippen molar-refractivity contribution in [2.24, 2.45) is 18.2 Å². The van der Waals surface area contributed by atoms with Gasteiger partial charge in [-0.15, -0.1) is 0 Å². The van der Waals surface area contributed by atoms with Crippen LogP contribution < -0.4 is 5.73 Å². The molecule has 4 nitrogen and oxygen atoms in total. The lowest BCUT2D eigenvalue weighted by molar-refractivity contribution is 0.292. The van der Waals surface area contributed by atoms with Gasteiger partial charge in [-0.25, -0.2) is 4.98 Å². The van der Waals surface area contributed by atoms with Crippen LogP contribution in [0.1, 0.15) is 32.5 Å². The molecule has 0 fully saturated rings. The molecule has 5 heteroatoms. The van der Waals surface area contributed by atoms with Crippen molar-refractivity contribution in [3.63, 3.8) is 0 Å². The van der Waals surface area contributed by atoms with Crippen LogP contribution in [0.3, 0.4) is 0 Å². The zero-order valence-electron chi connectivity index (χ0n) is 11.8. The molecule has 0 radical (unpaired) electrons. The molecule has 0 spiro atoms. The Hall–Kier alpha value is -0.940. The van der Waals surface area contributed by atoms with Gasteiger partial charge < -0.3 is 10.3 Å². The van der Waals surface area contributed by atoms with Crippen LogP contribution in [0.4, 0.5) is 0 Å². The number of nitrogens with zero attached hydrogens (tertiary/aromatic N) is 3. The van der Waals surface area contributed by atoms with Gasteiger partial charge in [0.2, 0.25) is 0 Å². The van der Waals surface area contributed by atoms with Crippen molar-refractivity contribution in [3.8, 4) is 0 Å². The summed E-state index contributed by atoms with van der Waals surface area (Å²) in [6.45, 7) is 6.11. The molecule has 0 bridgehead atoms. The van der Waals surface area contributed by atoms with E-state index in [1.807, 2.05) is 19.4 Å². The Morgan fingerprint density at radius 2 is 2.22 bits per heavy atom. The lowest BCUT2D eigenvalue weighted by atomic mass is 9.88. The molecule has 0 aliphatic rings. The summed E-state index contributed by atoms with van der Waals surface area (Å²) in [5.74, 6) is 1.09. The summed E-state index contributed by atoms with van der Waals surface area (Å²) in [7, 11) is 4.13. The molecule has 1 aromatic rings. The minimum Gasteiger partial charge on any atom is -0.393 e. The topological polar surface area (TPSA) is 47.1 Å². The third-order valence-corrected chi connectivity index (χ3v) is 3.89. The maximum atomic E-state index is 5.72. The molecule has 0 aromatic carbocycles. The normalized spacial score (nSPS) is 12.1. The Bertz CT molecular complexity index is 397. The average molecular weight is 268 g/mol. The number of rotatable bonds is 7. The zero-order chi connectivity index (χ0) is 13.8. The zero-order valence-corrected chi connectivity index (χ0v) is 12.6. The summed E-state index contributed by atoms with van der Waals surface area (Å²) in [5, 5.41) is 0. The lowest BCUT2D eigenvalue weighted by Crippen LogP contribution is -2.31. The highest BCUT2D eigenvalue weighted by Crippen LogP contribution is 2.22. The van der Waals surface area contributed by atoms with Gasteiger partial charge in [-0.2, -0.15) is 0 Å². The Morgan fingerprint density at radius 1 is 1.56 bits per heavy atom. The number of aryl methyl sites for hydroxylation is 1. The largest absolute Gasteiger partial charge is 0.393 e. The third-order valence-electron chi connectivity index (χ3n) is 3.34. The first-order valence-corrected chi connectivity index (χ1v) is 6.68. The van der Waals surface area contributed by atoms with E-state index in [0.717, 1.165) is 31.8 Å². The van der Waals surface area contributed by atoms with Crippen LogP contribution in [-0.4, -0.2) is 33.0 Å². The summed E-state index contributed by atoms with van der Waals surface area (Å²) in [4.78, 5) is 7.20. The minimum absolute atomic E-state index is 0.0423. The van der Waals surface area contributed by atoms with Crippen LogP contribution in [0.25, 0.3) is 0 Å². The van der Waals surface area contributed by atoms with Gasteiger partial charge in [-0.1, -0.05) is 26.1 Å². The summed E-state index contributed by atoms with van der Waals surface area (Å²) >= 11 is 5.07. The van der Waals surface area contributed by atoms with Crippen molar-refractivity contribution in [2.75, 3.05) is 13.6 Å². The van der Waals surface area contributed by atoms with E-state index in [4.69, 9.17) is 18.0 Å². The van der Waals surface area contributed by atoms with E-state index in [1.54, 1.807) is 0 Å². The van der Waals surface area contributed by atoms with E-state index < -0.39 is 0 Å². The second-order valence-corrected chi connectivity index (χ2v) is 5.98. The first-order valence-electron chi connectivity index (χ1n) is 6.27. The molecule has 0 saturated carbocycles. The number of imidazole rings is 1. The molecule has 2 N–H and O–H groups in total. The molecule has 0 saturated heterocycles. The quantitative estimate of drug-likeness (QED) is 0.768. The molecule has 18 heavy (non-hydrogen) atoms. The van der Waals surface area contributed by atoms with Crippen LogP contribution >= 0.6 is 12.2 Å². The molecule has 1 rings (SSSR count). The number of nitrogens with two attached hydrogens (primary N) is 1. The Labute approximate surface area is 115 Å². The maximum Gasteiger partial charge on any atom is 0.122 e. The molecule has 0 atom stereocenters. The van der Waals surface area contributed by atoms with Gasteiger partial charge in [-0.05, 0) is 26.4 Å². The van der Waals surface area contributed by atoms with Crippen LogP contribution in [0, 0.1) is 5.41 Å². The maximum absolute atomic E-state index is 5.72. The first-order chi connectivity index (χ1) is 8.33. The predicted octanol–water partition coefficient (Wildman–Crippen LogP) is 1.94. The van der Waals surface area contributed by atoms with E-state index in [-0.39, 0.29) is 5.41 Å². The number of thiocarbonyl (C=S) groups is 1. The standard InChI is InChI=1S/C13H24N4S/c1-13(2,12(14)18)6-5-8-16(3)10-11-15-7-9-17(11)4/h7,9H,5-6,8,10H2,1-4H3,(H2,14,18). The Morgan fingerprint density at radius 3 is 2.72 bits per heavy atom. The Kier molecular flexibility index (Phi) is 5.28. The van der Waals surface area contributed by atoms with Crippen LogP contribution in [0.2, 0.25) is 0 Å². The predicted molar refractivity (Wildman–Crippen MR) is 79.3 cm³/mol. The third kappa shape index (κ3) is 4.38. The monoisotopic (exact) mass is 268 g/mol. The highest BCUT2D eigenvalue weighted by atomic mass is 32.1. The van der Waals surface area contributed by atoms with Gasteiger partial charge in [0.25, 0.3) is 0 Å². The molecule has 0 aliphatic heterocycles. The smallest absolute Gasteiger partial charge is 0.122 e. The number of hydrogen-bond donors (Lipinski definition) is 1. The van der Waals surface area contributed by atoms with Gasteiger partial charge in [-0.3, -0.25) is 4.90 Å². The molecule has 0 unspecified atom stereocenters. The van der Waals surface area contributed by atoms with Crippen molar-refractivity contribution in [1.82, 2.24) is 14.5 Å². The lowest BCUT2D eigenvalue weighted by Gasteiger charge is -2.24. The van der Waals surface area contributed by atoms with Crippen molar-refractivity contribution in [3.05, 3.63) is 18.2 Å². The highest BCUT2D eigenvalue weighted by Gasteiger charge is 2.20. The van der Waals surface area contributed by atoms with E-state index >= 15 is 0 Å². The fraction of sp³-hybridized carbons (Fsp3) is 0.692. The summed E-state index contributed by atoms with van der Waals surface area (Å²) in [6, 6.07) is 0. The second kappa shape index (κ2) is 6.29. The van der Waals surface area contributed by atoms with Crippen LogP contribution in [0.15, 0.2) is 12.4 Å². The molecule has 0 amide bonds. The second-order valence-electron chi connectivity index (χ2n) is 5.54. The van der Waals surface area contributed by atoms with Gasteiger partial charge >= 0.3 is 0 Å². The fourth-order valence-corrected chi connectivity index (χ4v) is 1.89. The van der Waals surface area contributed by atoms with Gasteiger partial charge in [0, 0.05) is 24.9 Å². The highest BCUT2D eigenvalue weighted by molar-refractivity contribution is 7.80. The van der Waals surface area contributed by atoms with Crippen molar-refractivity contribution in [2.45, 2.75) is 33.2 Å². The Balaban J connectivity index is 2.32. The number of aromatic nitrogens is 2. The molecule has 102 valence electrons. The molecule has 0 aliphatic carbocycles. The molecular formula is C13H24N4S. The number of hydrogen-bond acceptors (Lipinski definition) is 3. The van der Waals surface area contributed by atoms with Crippen LogP contribution in [-0.2, 0) is 13.6 Å². The summed E-state index contributed by atoms with van der Waals surface area (Å²) in [5.41, 5.74) is 5.68. The van der Waals surface area contributed by atoms with Crippen molar-refractivity contribution < 1.29 is 0 Å². The fourth-order valence-electron chi connectivity index (χ4n) is 1.78. The van der Waals surface area contributed by atoms with Gasteiger partial charge in [0.05, 0.1) is 11.5 Å². The van der Waals surface area contributed by atoms with Gasteiger partial charge in [0.1, 0.15) is 5.82 Å². The van der Waals surface area contributed by atoms with Gasteiger partial charge in [0.15, 0.2) is 0 Å². The first kappa shape index (κ1) is 15.1. The van der Waals surface area contributed by atoms with E-state index in [2.05, 4.69) is 35.3 Å². The van der Waals surface area contributed by atoms with Crippen molar-refractivity contribution in [1.29, 1.82) is 0 Å². The average Bonchev–Trinajstić information content (AvgIpc) is 2.64. The van der Waals surface area contributed by atoms with E-state index in [9.17, 15) is 0 Å². The summed E-state index contributed by atoms with van der Waals surface area (Å²) < 4.78 is 2.05. The minimum atomic E-state index is -0.0423. The van der Waals surface area contributed by atoms with E-state index in [0.29, 0.717) is 4.99 Å². The molecular weight excluding hydrogens is 244 g/mol. The molecule has 1 heterocycles.